The first-order valence-electron chi connectivity index (χ1n) is 5.35. The van der Waals surface area contributed by atoms with E-state index in [0.29, 0.717) is 21.4 Å². The van der Waals surface area contributed by atoms with E-state index in [1.165, 1.54) is 0 Å². The molecule has 2 rings (SSSR count). The largest absolute Gasteiger partial charge is 0.458 e. The first kappa shape index (κ1) is 13.7. The van der Waals surface area contributed by atoms with Crippen LogP contribution in [0.1, 0.15) is 11.9 Å². The second-order valence-electron chi connectivity index (χ2n) is 3.84. The molecule has 1 aromatic heterocycles. The normalized spacial score (nSPS) is 11.9. The Balaban J connectivity index is 2.39. The number of aliphatic hydroxyl groups is 1. The standard InChI is InChI=1S/C14H9Cl2NO2/c1-8(7-17)14(18)12-6-5-11(19-12)9-3-2-4-10(15)13(9)16/h2-6,14,18H,1H2. The lowest BCUT2D eigenvalue weighted by Gasteiger charge is -2.05. The summed E-state index contributed by atoms with van der Waals surface area (Å²) in [5.41, 5.74) is 0.633. The van der Waals surface area contributed by atoms with Crippen LogP contribution in [0.25, 0.3) is 11.3 Å². The second-order valence-corrected chi connectivity index (χ2v) is 4.63. The Morgan fingerprint density at radius 1 is 1.32 bits per heavy atom. The van der Waals surface area contributed by atoms with Crippen LogP contribution in [0, 0.1) is 11.3 Å². The molecule has 0 saturated heterocycles. The van der Waals surface area contributed by atoms with E-state index in [1.54, 1.807) is 36.4 Å². The van der Waals surface area contributed by atoms with Gasteiger partial charge in [-0.2, -0.15) is 5.26 Å². The zero-order chi connectivity index (χ0) is 14.0. The lowest BCUT2D eigenvalue weighted by Crippen LogP contribution is -1.96. The van der Waals surface area contributed by atoms with Gasteiger partial charge in [-0.3, -0.25) is 0 Å². The Bertz CT molecular complexity index is 670. The van der Waals surface area contributed by atoms with Crippen LogP contribution in [0.2, 0.25) is 10.0 Å². The van der Waals surface area contributed by atoms with Crippen LogP contribution in [0.5, 0.6) is 0 Å². The van der Waals surface area contributed by atoms with Gasteiger partial charge in [0.25, 0.3) is 0 Å². The minimum absolute atomic E-state index is 0.0121. The first-order valence-corrected chi connectivity index (χ1v) is 6.11. The highest BCUT2D eigenvalue weighted by Crippen LogP contribution is 2.35. The molecule has 1 N–H and O–H groups in total. The molecule has 0 aliphatic rings. The first-order chi connectivity index (χ1) is 9.04. The smallest absolute Gasteiger partial charge is 0.146 e. The highest BCUT2D eigenvalue weighted by molar-refractivity contribution is 6.43. The molecule has 0 amide bonds. The molecule has 1 unspecified atom stereocenters. The van der Waals surface area contributed by atoms with Gasteiger partial charge in [0.1, 0.15) is 17.6 Å². The summed E-state index contributed by atoms with van der Waals surface area (Å²) in [6, 6.07) is 10.2. The van der Waals surface area contributed by atoms with Crippen molar-refractivity contribution in [2.24, 2.45) is 0 Å². The van der Waals surface area contributed by atoms with Crippen molar-refractivity contribution in [3.05, 3.63) is 58.3 Å². The fourth-order valence-corrected chi connectivity index (χ4v) is 1.97. The van der Waals surface area contributed by atoms with Crippen LogP contribution in [0.4, 0.5) is 0 Å². The minimum Gasteiger partial charge on any atom is -0.458 e. The van der Waals surface area contributed by atoms with Gasteiger partial charge in [-0.15, -0.1) is 0 Å². The molecular weight excluding hydrogens is 285 g/mol. The third-order valence-electron chi connectivity index (χ3n) is 2.59. The monoisotopic (exact) mass is 293 g/mol. The molecule has 0 aliphatic heterocycles. The average molecular weight is 294 g/mol. The van der Waals surface area contributed by atoms with Gasteiger partial charge in [0.05, 0.1) is 21.7 Å². The quantitative estimate of drug-likeness (QED) is 0.855. The van der Waals surface area contributed by atoms with Crippen molar-refractivity contribution >= 4 is 23.2 Å². The third-order valence-corrected chi connectivity index (χ3v) is 3.41. The Hall–Kier alpha value is -1.73. The van der Waals surface area contributed by atoms with Crippen LogP contribution >= 0.6 is 23.2 Å². The van der Waals surface area contributed by atoms with E-state index in [-0.39, 0.29) is 11.3 Å². The topological polar surface area (TPSA) is 57.2 Å². The summed E-state index contributed by atoms with van der Waals surface area (Å²) >= 11 is 12.0. The molecule has 96 valence electrons. The van der Waals surface area contributed by atoms with Crippen LogP contribution < -0.4 is 0 Å². The van der Waals surface area contributed by atoms with Gasteiger partial charge < -0.3 is 9.52 Å². The Morgan fingerprint density at radius 3 is 2.74 bits per heavy atom. The summed E-state index contributed by atoms with van der Waals surface area (Å²) in [6.07, 6.45) is -1.16. The molecular formula is C14H9Cl2NO2. The van der Waals surface area contributed by atoms with Crippen molar-refractivity contribution in [2.45, 2.75) is 6.10 Å². The van der Waals surface area contributed by atoms with Gasteiger partial charge in [-0.25, -0.2) is 0 Å². The Morgan fingerprint density at radius 2 is 2.05 bits per heavy atom. The third kappa shape index (κ3) is 2.66. The maximum absolute atomic E-state index is 9.80. The SMILES string of the molecule is C=C(C#N)C(O)c1ccc(-c2cccc(Cl)c2Cl)o1. The molecule has 0 radical (unpaired) electrons. The highest BCUT2D eigenvalue weighted by Gasteiger charge is 2.17. The molecule has 3 nitrogen and oxygen atoms in total. The highest BCUT2D eigenvalue weighted by atomic mass is 35.5. The van der Waals surface area contributed by atoms with Gasteiger partial charge in [-0.05, 0) is 24.3 Å². The van der Waals surface area contributed by atoms with Crippen LogP contribution in [0.15, 0.2) is 46.9 Å². The number of rotatable bonds is 3. The predicted octanol–water partition coefficient (Wildman–Crippen LogP) is 4.37. The summed E-state index contributed by atoms with van der Waals surface area (Å²) < 4.78 is 5.49. The number of nitrogens with zero attached hydrogens (tertiary/aromatic N) is 1. The number of furan rings is 1. The molecule has 2 aromatic rings. The number of aliphatic hydroxyl groups excluding tert-OH is 1. The molecule has 19 heavy (non-hydrogen) atoms. The van der Waals surface area contributed by atoms with E-state index in [0.717, 1.165) is 0 Å². The molecule has 0 aliphatic carbocycles. The van der Waals surface area contributed by atoms with E-state index in [4.69, 9.17) is 32.9 Å². The number of benzene rings is 1. The molecule has 0 saturated carbocycles. The molecule has 1 aromatic carbocycles. The van der Waals surface area contributed by atoms with Crippen molar-refractivity contribution in [3.63, 3.8) is 0 Å². The summed E-state index contributed by atoms with van der Waals surface area (Å²) in [5.74, 6) is 0.699. The maximum atomic E-state index is 9.80. The van der Waals surface area contributed by atoms with Gasteiger partial charge in [0, 0.05) is 5.56 Å². The number of hydrogen-bond donors (Lipinski definition) is 1. The van der Waals surface area contributed by atoms with Crippen molar-refractivity contribution < 1.29 is 9.52 Å². The minimum atomic E-state index is -1.16. The summed E-state index contributed by atoms with van der Waals surface area (Å²) in [7, 11) is 0. The van der Waals surface area contributed by atoms with Crippen molar-refractivity contribution in [1.82, 2.24) is 0 Å². The fraction of sp³-hybridized carbons (Fsp3) is 0.0714. The van der Waals surface area contributed by atoms with Crippen LogP contribution in [0.3, 0.4) is 0 Å². The fourth-order valence-electron chi connectivity index (χ4n) is 1.57. The van der Waals surface area contributed by atoms with E-state index >= 15 is 0 Å². The molecule has 5 heteroatoms. The molecule has 0 spiro atoms. The van der Waals surface area contributed by atoms with Gasteiger partial charge in [0.15, 0.2) is 0 Å². The average Bonchev–Trinajstić information content (AvgIpc) is 2.89. The zero-order valence-electron chi connectivity index (χ0n) is 9.73. The van der Waals surface area contributed by atoms with E-state index in [2.05, 4.69) is 6.58 Å². The maximum Gasteiger partial charge on any atom is 0.146 e. The number of nitriles is 1. The van der Waals surface area contributed by atoms with Crippen molar-refractivity contribution in [2.75, 3.05) is 0 Å². The summed E-state index contributed by atoms with van der Waals surface area (Å²) in [4.78, 5) is 0. The van der Waals surface area contributed by atoms with Crippen LogP contribution in [-0.2, 0) is 0 Å². The summed E-state index contributed by atoms with van der Waals surface area (Å²) in [5, 5.41) is 19.3. The number of hydrogen-bond acceptors (Lipinski definition) is 3. The lowest BCUT2D eigenvalue weighted by atomic mass is 10.1. The zero-order valence-corrected chi connectivity index (χ0v) is 11.2. The number of halogens is 2. The lowest BCUT2D eigenvalue weighted by molar-refractivity contribution is 0.191. The van der Waals surface area contributed by atoms with Crippen LogP contribution in [-0.4, -0.2) is 5.11 Å². The predicted molar refractivity (Wildman–Crippen MR) is 73.9 cm³/mol. The summed E-state index contributed by atoms with van der Waals surface area (Å²) in [6.45, 7) is 3.44. The van der Waals surface area contributed by atoms with Crippen molar-refractivity contribution in [1.29, 1.82) is 5.26 Å². The Labute approximate surface area is 120 Å². The molecule has 1 heterocycles. The van der Waals surface area contributed by atoms with Crippen molar-refractivity contribution in [3.8, 4) is 17.4 Å². The molecule has 1 atom stereocenters. The molecule has 0 bridgehead atoms. The van der Waals surface area contributed by atoms with Gasteiger partial charge in [-0.1, -0.05) is 35.8 Å². The Kier molecular flexibility index (Phi) is 3.96. The van der Waals surface area contributed by atoms with E-state index in [1.807, 2.05) is 0 Å². The second kappa shape index (κ2) is 5.50. The van der Waals surface area contributed by atoms with Gasteiger partial charge >= 0.3 is 0 Å². The molecule has 0 fully saturated rings. The van der Waals surface area contributed by atoms with E-state index in [9.17, 15) is 5.11 Å². The van der Waals surface area contributed by atoms with Gasteiger partial charge in [0.2, 0.25) is 0 Å². The van der Waals surface area contributed by atoms with E-state index < -0.39 is 6.10 Å².